The maximum atomic E-state index is 11.2. The van der Waals surface area contributed by atoms with Gasteiger partial charge in [-0.2, -0.15) is 0 Å². The lowest BCUT2D eigenvalue weighted by Crippen LogP contribution is -2.37. The summed E-state index contributed by atoms with van der Waals surface area (Å²) in [6, 6.07) is 6.73. The molecule has 0 aliphatic heterocycles. The number of anilines is 1. The van der Waals surface area contributed by atoms with Crippen molar-refractivity contribution >= 4 is 18.1 Å². The van der Waals surface area contributed by atoms with Crippen LogP contribution >= 0.6 is 0 Å². The minimum Gasteiger partial charge on any atom is -0.340 e. The van der Waals surface area contributed by atoms with Crippen molar-refractivity contribution in [3.8, 4) is 0 Å². The maximum Gasteiger partial charge on any atom is 0.328 e. The third kappa shape index (κ3) is 2.10. The molecule has 0 unspecified atom stereocenters. The molecular formula is C10H12N2O2. The standard InChI is InChI=1S/C10H12N2O2/c1-8-4-3-5-9(6-8)12(7-13)10(14)11-2/h3-7H,1-2H3,(H,11,14). The van der Waals surface area contributed by atoms with Crippen LogP contribution in [0.2, 0.25) is 0 Å². The van der Waals surface area contributed by atoms with Crippen LogP contribution in [0.5, 0.6) is 0 Å². The van der Waals surface area contributed by atoms with Crippen LogP contribution in [0.1, 0.15) is 5.56 Å². The van der Waals surface area contributed by atoms with Gasteiger partial charge in [0.1, 0.15) is 0 Å². The van der Waals surface area contributed by atoms with E-state index in [1.165, 1.54) is 7.05 Å². The molecule has 1 rings (SSSR count). The fourth-order valence-corrected chi connectivity index (χ4v) is 1.12. The van der Waals surface area contributed by atoms with E-state index in [0.29, 0.717) is 12.1 Å². The third-order valence-electron chi connectivity index (χ3n) is 1.82. The number of hydrogen-bond acceptors (Lipinski definition) is 2. The van der Waals surface area contributed by atoms with E-state index in [-0.39, 0.29) is 0 Å². The van der Waals surface area contributed by atoms with Crippen molar-refractivity contribution < 1.29 is 9.59 Å². The second kappa shape index (κ2) is 4.41. The van der Waals surface area contributed by atoms with Gasteiger partial charge in [0.25, 0.3) is 0 Å². The number of nitrogens with zero attached hydrogens (tertiary/aromatic N) is 1. The van der Waals surface area contributed by atoms with Crippen LogP contribution in [0.25, 0.3) is 0 Å². The fraction of sp³-hybridized carbons (Fsp3) is 0.200. The lowest BCUT2D eigenvalue weighted by molar-refractivity contribution is -0.106. The highest BCUT2D eigenvalue weighted by Crippen LogP contribution is 2.14. The van der Waals surface area contributed by atoms with Crippen molar-refractivity contribution in [3.63, 3.8) is 0 Å². The number of carbonyl (C=O) groups excluding carboxylic acids is 2. The predicted molar refractivity (Wildman–Crippen MR) is 54.2 cm³/mol. The van der Waals surface area contributed by atoms with E-state index in [2.05, 4.69) is 5.32 Å². The number of nitrogens with one attached hydrogen (secondary N) is 1. The molecule has 3 amide bonds. The first-order valence-electron chi connectivity index (χ1n) is 4.22. The summed E-state index contributed by atoms with van der Waals surface area (Å²) in [6.45, 7) is 1.90. The number of carbonyl (C=O) groups is 2. The molecule has 0 saturated heterocycles. The van der Waals surface area contributed by atoms with Crippen molar-refractivity contribution in [1.29, 1.82) is 0 Å². The van der Waals surface area contributed by atoms with Gasteiger partial charge < -0.3 is 5.32 Å². The van der Waals surface area contributed by atoms with Gasteiger partial charge in [-0.1, -0.05) is 12.1 Å². The van der Waals surface area contributed by atoms with Gasteiger partial charge in [-0.15, -0.1) is 0 Å². The maximum absolute atomic E-state index is 11.2. The number of amides is 3. The topological polar surface area (TPSA) is 49.4 Å². The van der Waals surface area contributed by atoms with Crippen LogP contribution in [0.4, 0.5) is 10.5 Å². The Kier molecular flexibility index (Phi) is 3.23. The third-order valence-corrected chi connectivity index (χ3v) is 1.82. The average molecular weight is 192 g/mol. The monoisotopic (exact) mass is 192 g/mol. The van der Waals surface area contributed by atoms with Crippen LogP contribution in [-0.4, -0.2) is 19.5 Å². The highest BCUT2D eigenvalue weighted by Gasteiger charge is 2.12. The van der Waals surface area contributed by atoms with Gasteiger partial charge in [0, 0.05) is 7.05 Å². The Labute approximate surface area is 82.5 Å². The molecule has 0 aliphatic rings. The summed E-state index contributed by atoms with van der Waals surface area (Å²) in [4.78, 5) is 22.9. The Morgan fingerprint density at radius 3 is 2.71 bits per heavy atom. The first-order valence-corrected chi connectivity index (χ1v) is 4.22. The highest BCUT2D eigenvalue weighted by atomic mass is 16.2. The summed E-state index contributed by atoms with van der Waals surface area (Å²) in [5, 5.41) is 2.39. The zero-order valence-corrected chi connectivity index (χ0v) is 8.15. The summed E-state index contributed by atoms with van der Waals surface area (Å²) in [5.41, 5.74) is 1.57. The Morgan fingerprint density at radius 2 is 2.21 bits per heavy atom. The Balaban J connectivity index is 3.00. The molecule has 0 radical (unpaired) electrons. The summed E-state index contributed by atoms with van der Waals surface area (Å²) in [5.74, 6) is 0. The minimum atomic E-state index is -0.439. The molecule has 0 atom stereocenters. The van der Waals surface area contributed by atoms with E-state index >= 15 is 0 Å². The number of benzene rings is 1. The molecule has 0 heterocycles. The fourth-order valence-electron chi connectivity index (χ4n) is 1.12. The van der Waals surface area contributed by atoms with Gasteiger partial charge in [0.15, 0.2) is 0 Å². The van der Waals surface area contributed by atoms with E-state index in [0.717, 1.165) is 10.5 Å². The molecule has 4 nitrogen and oxygen atoms in total. The predicted octanol–water partition coefficient (Wildman–Crippen LogP) is 1.30. The molecule has 1 aromatic carbocycles. The Bertz CT molecular complexity index is 350. The van der Waals surface area contributed by atoms with Crippen LogP contribution < -0.4 is 10.2 Å². The van der Waals surface area contributed by atoms with Crippen molar-refractivity contribution in [2.45, 2.75) is 6.92 Å². The summed E-state index contributed by atoms with van der Waals surface area (Å²) in [6.07, 6.45) is 0.494. The van der Waals surface area contributed by atoms with Crippen LogP contribution in [0.3, 0.4) is 0 Å². The second-order valence-electron chi connectivity index (χ2n) is 2.87. The van der Waals surface area contributed by atoms with Crippen molar-refractivity contribution in [2.75, 3.05) is 11.9 Å². The smallest absolute Gasteiger partial charge is 0.328 e. The summed E-state index contributed by atoms with van der Waals surface area (Å²) < 4.78 is 0. The minimum absolute atomic E-state index is 0.439. The molecule has 0 bridgehead atoms. The van der Waals surface area contributed by atoms with Crippen molar-refractivity contribution in [2.24, 2.45) is 0 Å². The van der Waals surface area contributed by atoms with Gasteiger partial charge in [0.2, 0.25) is 6.41 Å². The zero-order chi connectivity index (χ0) is 10.6. The SMILES string of the molecule is CNC(=O)N(C=O)c1cccc(C)c1. The van der Waals surface area contributed by atoms with E-state index < -0.39 is 6.03 Å². The zero-order valence-electron chi connectivity index (χ0n) is 8.15. The first kappa shape index (κ1) is 10.2. The quantitative estimate of drug-likeness (QED) is 0.718. The van der Waals surface area contributed by atoms with E-state index in [1.807, 2.05) is 13.0 Å². The van der Waals surface area contributed by atoms with Gasteiger partial charge >= 0.3 is 6.03 Å². The van der Waals surface area contributed by atoms with Crippen LogP contribution in [-0.2, 0) is 4.79 Å². The van der Waals surface area contributed by atoms with Gasteiger partial charge in [-0.3, -0.25) is 4.79 Å². The average Bonchev–Trinajstić information content (AvgIpc) is 2.19. The van der Waals surface area contributed by atoms with Gasteiger partial charge in [-0.25, -0.2) is 9.69 Å². The van der Waals surface area contributed by atoms with Crippen LogP contribution in [0, 0.1) is 6.92 Å². The summed E-state index contributed by atoms with van der Waals surface area (Å²) >= 11 is 0. The van der Waals surface area contributed by atoms with Crippen molar-refractivity contribution in [3.05, 3.63) is 29.8 Å². The number of aryl methyl sites for hydroxylation is 1. The van der Waals surface area contributed by atoms with Crippen molar-refractivity contribution in [1.82, 2.24) is 5.32 Å². The molecule has 14 heavy (non-hydrogen) atoms. The van der Waals surface area contributed by atoms with Gasteiger partial charge in [-0.05, 0) is 24.6 Å². The molecule has 0 aliphatic carbocycles. The molecule has 1 N–H and O–H groups in total. The number of imide groups is 1. The number of rotatable bonds is 2. The molecule has 4 heteroatoms. The lowest BCUT2D eigenvalue weighted by Gasteiger charge is -2.14. The molecule has 74 valence electrons. The highest BCUT2D eigenvalue weighted by molar-refractivity contribution is 6.05. The first-order chi connectivity index (χ1) is 6.69. The van der Waals surface area contributed by atoms with E-state index in [1.54, 1.807) is 18.2 Å². The van der Waals surface area contributed by atoms with Crippen LogP contribution in [0.15, 0.2) is 24.3 Å². The second-order valence-corrected chi connectivity index (χ2v) is 2.87. The van der Waals surface area contributed by atoms with Gasteiger partial charge in [0.05, 0.1) is 5.69 Å². The largest absolute Gasteiger partial charge is 0.340 e. The van der Waals surface area contributed by atoms with E-state index in [9.17, 15) is 9.59 Å². The Morgan fingerprint density at radius 1 is 1.50 bits per heavy atom. The number of urea groups is 1. The molecule has 0 saturated carbocycles. The molecule has 1 aromatic rings. The number of hydrogen-bond donors (Lipinski definition) is 1. The summed E-state index contributed by atoms with van der Waals surface area (Å²) in [7, 11) is 1.48. The molecule has 0 spiro atoms. The molecule has 0 aromatic heterocycles. The lowest BCUT2D eigenvalue weighted by atomic mass is 10.2. The molecular weight excluding hydrogens is 180 g/mol. The van der Waals surface area contributed by atoms with E-state index in [4.69, 9.17) is 0 Å². The normalized spacial score (nSPS) is 9.29. The Hall–Kier alpha value is -1.84. The molecule has 0 fully saturated rings.